The van der Waals surface area contributed by atoms with Crippen LogP contribution in [0.5, 0.6) is 0 Å². The van der Waals surface area contributed by atoms with Gasteiger partial charge in [-0.25, -0.2) is 4.79 Å². The number of benzene rings is 1. The summed E-state index contributed by atoms with van der Waals surface area (Å²) in [5.41, 5.74) is 1.21. The van der Waals surface area contributed by atoms with E-state index in [9.17, 15) is 4.79 Å². The molecule has 0 saturated heterocycles. The Labute approximate surface area is 140 Å². The van der Waals surface area contributed by atoms with Crippen LogP contribution in [0, 0.1) is 23.2 Å². The number of urea groups is 1. The van der Waals surface area contributed by atoms with Crippen LogP contribution in [0.4, 0.5) is 10.5 Å². The van der Waals surface area contributed by atoms with Crippen molar-refractivity contribution in [3.8, 4) is 0 Å². The van der Waals surface area contributed by atoms with E-state index in [0.717, 1.165) is 34.5 Å². The van der Waals surface area contributed by atoms with Gasteiger partial charge in [-0.05, 0) is 89.8 Å². The van der Waals surface area contributed by atoms with Crippen molar-refractivity contribution < 1.29 is 4.79 Å². The average molecular weight is 363 g/mol. The minimum absolute atomic E-state index is 0.0809. The number of halogens is 1. The topological polar surface area (TPSA) is 41.1 Å². The van der Waals surface area contributed by atoms with Crippen LogP contribution in [0.25, 0.3) is 0 Å². The van der Waals surface area contributed by atoms with Crippen LogP contribution in [-0.2, 0) is 0 Å². The summed E-state index contributed by atoms with van der Waals surface area (Å²) in [5, 5.41) is 6.09. The lowest BCUT2D eigenvalue weighted by molar-refractivity contribution is -0.0496. The molecule has 4 heteroatoms. The van der Waals surface area contributed by atoms with Gasteiger partial charge in [-0.3, -0.25) is 0 Å². The number of para-hydroxylation sites is 1. The first-order valence-corrected chi connectivity index (χ1v) is 9.21. The fraction of sp³-hybridized carbons (Fsp3) is 0.611. The molecule has 0 unspecified atom stereocenters. The maximum absolute atomic E-state index is 12.2. The second kappa shape index (κ2) is 5.55. The van der Waals surface area contributed by atoms with Gasteiger partial charge in [-0.1, -0.05) is 12.1 Å². The predicted octanol–water partition coefficient (Wildman–Crippen LogP) is 4.79. The molecular formula is C18H23BrN2O. The van der Waals surface area contributed by atoms with Crippen molar-refractivity contribution in [1.29, 1.82) is 0 Å². The first kappa shape index (κ1) is 14.6. The highest BCUT2D eigenvalue weighted by atomic mass is 79.9. The SMILES string of the molecule is O=C(NCC12CC3CC(CC(C3)C1)C2)Nc1ccccc1Br. The Morgan fingerprint density at radius 3 is 2.27 bits per heavy atom. The fourth-order valence-electron chi connectivity index (χ4n) is 5.50. The molecular weight excluding hydrogens is 340 g/mol. The molecule has 0 aromatic heterocycles. The Bertz CT molecular complexity index is 551. The first-order valence-electron chi connectivity index (χ1n) is 8.41. The predicted molar refractivity (Wildman–Crippen MR) is 91.8 cm³/mol. The zero-order chi connectivity index (χ0) is 15.2. The molecule has 22 heavy (non-hydrogen) atoms. The molecule has 2 N–H and O–H groups in total. The number of nitrogens with one attached hydrogen (secondary N) is 2. The monoisotopic (exact) mass is 362 g/mol. The van der Waals surface area contributed by atoms with E-state index in [1.54, 1.807) is 0 Å². The highest BCUT2D eigenvalue weighted by Gasteiger charge is 2.50. The molecule has 1 aromatic carbocycles. The molecule has 0 atom stereocenters. The first-order chi connectivity index (χ1) is 10.6. The molecule has 1 aromatic rings. The molecule has 5 rings (SSSR count). The van der Waals surface area contributed by atoms with Gasteiger partial charge in [0.15, 0.2) is 0 Å². The van der Waals surface area contributed by atoms with E-state index in [0.29, 0.717) is 5.41 Å². The second-order valence-corrected chi connectivity index (χ2v) is 8.56. The zero-order valence-electron chi connectivity index (χ0n) is 12.8. The van der Waals surface area contributed by atoms with Crippen LogP contribution in [0.1, 0.15) is 38.5 Å². The molecule has 3 nitrogen and oxygen atoms in total. The molecule has 2 amide bonds. The maximum Gasteiger partial charge on any atom is 0.319 e. The number of amides is 2. The molecule has 0 radical (unpaired) electrons. The van der Waals surface area contributed by atoms with Crippen molar-refractivity contribution >= 4 is 27.6 Å². The van der Waals surface area contributed by atoms with Crippen LogP contribution in [0.15, 0.2) is 28.7 Å². The van der Waals surface area contributed by atoms with Crippen molar-refractivity contribution in [2.75, 3.05) is 11.9 Å². The largest absolute Gasteiger partial charge is 0.337 e. The summed E-state index contributed by atoms with van der Waals surface area (Å²) in [5.74, 6) is 2.79. The third kappa shape index (κ3) is 2.78. The van der Waals surface area contributed by atoms with Gasteiger partial charge >= 0.3 is 6.03 Å². The Morgan fingerprint density at radius 1 is 1.09 bits per heavy atom. The molecule has 4 fully saturated rings. The van der Waals surface area contributed by atoms with E-state index < -0.39 is 0 Å². The number of carbonyl (C=O) groups is 1. The molecule has 0 aliphatic heterocycles. The number of hydrogen-bond acceptors (Lipinski definition) is 1. The van der Waals surface area contributed by atoms with E-state index >= 15 is 0 Å². The lowest BCUT2D eigenvalue weighted by Crippen LogP contribution is -2.51. The molecule has 118 valence electrons. The van der Waals surface area contributed by atoms with Crippen molar-refractivity contribution in [1.82, 2.24) is 5.32 Å². The van der Waals surface area contributed by atoms with Crippen LogP contribution in [0.3, 0.4) is 0 Å². The summed E-state index contributed by atoms with van der Waals surface area (Å²) in [6.07, 6.45) is 8.32. The van der Waals surface area contributed by atoms with Gasteiger partial charge in [0.2, 0.25) is 0 Å². The lowest BCUT2D eigenvalue weighted by Gasteiger charge is -2.56. The van der Waals surface area contributed by atoms with E-state index in [2.05, 4.69) is 26.6 Å². The minimum Gasteiger partial charge on any atom is -0.337 e. The summed E-state index contributed by atoms with van der Waals surface area (Å²) < 4.78 is 0.917. The Balaban J connectivity index is 1.37. The molecule has 4 bridgehead atoms. The van der Waals surface area contributed by atoms with E-state index in [1.165, 1.54) is 38.5 Å². The van der Waals surface area contributed by atoms with Gasteiger partial charge in [0.25, 0.3) is 0 Å². The number of rotatable bonds is 3. The van der Waals surface area contributed by atoms with E-state index in [-0.39, 0.29) is 6.03 Å². The summed E-state index contributed by atoms with van der Waals surface area (Å²) in [6, 6.07) is 7.65. The summed E-state index contributed by atoms with van der Waals surface area (Å²) >= 11 is 3.46. The van der Waals surface area contributed by atoms with Crippen LogP contribution in [-0.4, -0.2) is 12.6 Å². The molecule has 4 aliphatic carbocycles. The Kier molecular flexibility index (Phi) is 3.67. The van der Waals surface area contributed by atoms with Crippen LogP contribution in [0.2, 0.25) is 0 Å². The number of hydrogen-bond donors (Lipinski definition) is 2. The number of anilines is 1. The molecule has 0 spiro atoms. The average Bonchev–Trinajstić information content (AvgIpc) is 2.46. The Morgan fingerprint density at radius 2 is 1.68 bits per heavy atom. The lowest BCUT2D eigenvalue weighted by atomic mass is 9.49. The smallest absolute Gasteiger partial charge is 0.319 e. The molecule has 4 aliphatic rings. The van der Waals surface area contributed by atoms with Crippen LogP contribution < -0.4 is 10.6 Å². The van der Waals surface area contributed by atoms with E-state index in [1.807, 2.05) is 24.3 Å². The third-order valence-electron chi connectivity index (χ3n) is 5.91. The maximum atomic E-state index is 12.2. The Hall–Kier alpha value is -1.03. The van der Waals surface area contributed by atoms with Gasteiger partial charge in [0.05, 0.1) is 5.69 Å². The summed E-state index contributed by atoms with van der Waals surface area (Å²) in [4.78, 5) is 12.2. The van der Waals surface area contributed by atoms with Crippen molar-refractivity contribution in [2.24, 2.45) is 23.2 Å². The van der Waals surface area contributed by atoms with Crippen molar-refractivity contribution in [2.45, 2.75) is 38.5 Å². The third-order valence-corrected chi connectivity index (χ3v) is 6.60. The molecule has 4 saturated carbocycles. The van der Waals surface area contributed by atoms with Gasteiger partial charge < -0.3 is 10.6 Å². The summed E-state index contributed by atoms with van der Waals surface area (Å²) in [6.45, 7) is 0.840. The summed E-state index contributed by atoms with van der Waals surface area (Å²) in [7, 11) is 0. The minimum atomic E-state index is -0.0809. The quantitative estimate of drug-likeness (QED) is 0.797. The van der Waals surface area contributed by atoms with Crippen molar-refractivity contribution in [3.63, 3.8) is 0 Å². The fourth-order valence-corrected chi connectivity index (χ4v) is 5.89. The van der Waals surface area contributed by atoms with Gasteiger partial charge in [0.1, 0.15) is 0 Å². The van der Waals surface area contributed by atoms with Gasteiger partial charge in [0, 0.05) is 11.0 Å². The van der Waals surface area contributed by atoms with Crippen LogP contribution >= 0.6 is 15.9 Å². The zero-order valence-corrected chi connectivity index (χ0v) is 14.4. The molecule has 0 heterocycles. The van der Waals surface area contributed by atoms with Crippen molar-refractivity contribution in [3.05, 3.63) is 28.7 Å². The van der Waals surface area contributed by atoms with Gasteiger partial charge in [-0.15, -0.1) is 0 Å². The number of carbonyl (C=O) groups excluding carboxylic acids is 1. The standard InChI is InChI=1S/C18H23BrN2O/c19-15-3-1-2-4-16(15)21-17(22)20-11-18-8-12-5-13(9-18)7-14(6-12)10-18/h1-4,12-14H,5-11H2,(H2,20,21,22). The highest BCUT2D eigenvalue weighted by molar-refractivity contribution is 9.10. The highest BCUT2D eigenvalue weighted by Crippen LogP contribution is 2.59. The normalized spacial score (nSPS) is 35.4. The second-order valence-electron chi connectivity index (χ2n) is 7.71. The van der Waals surface area contributed by atoms with Gasteiger partial charge in [-0.2, -0.15) is 0 Å². The van der Waals surface area contributed by atoms with E-state index in [4.69, 9.17) is 0 Å².